The first-order valence-corrected chi connectivity index (χ1v) is 5.98. The summed E-state index contributed by atoms with van der Waals surface area (Å²) in [7, 11) is 0. The third kappa shape index (κ3) is 3.67. The summed E-state index contributed by atoms with van der Waals surface area (Å²) in [6, 6.07) is 1.57. The predicted molar refractivity (Wildman–Crippen MR) is 63.8 cm³/mol. The van der Waals surface area contributed by atoms with Crippen LogP contribution in [0.4, 0.5) is 17.6 Å². The molecule has 108 valence electrons. The normalized spacial score (nSPS) is 17.1. The van der Waals surface area contributed by atoms with E-state index in [4.69, 9.17) is 5.73 Å². The van der Waals surface area contributed by atoms with Crippen LogP contribution in [0.3, 0.4) is 0 Å². The van der Waals surface area contributed by atoms with Gasteiger partial charge in [0.05, 0.1) is 17.7 Å². The lowest BCUT2D eigenvalue weighted by atomic mass is 9.91. The molecule has 1 aromatic rings. The van der Waals surface area contributed by atoms with Crippen molar-refractivity contribution in [2.24, 2.45) is 11.7 Å². The summed E-state index contributed by atoms with van der Waals surface area (Å²) in [5.41, 5.74) is 4.44. The molecule has 0 fully saturated rings. The summed E-state index contributed by atoms with van der Waals surface area (Å²) >= 11 is 0. The highest BCUT2D eigenvalue weighted by molar-refractivity contribution is 5.30. The molecule has 1 unspecified atom stereocenters. The van der Waals surface area contributed by atoms with Crippen LogP contribution in [0.2, 0.25) is 0 Å². The van der Waals surface area contributed by atoms with E-state index in [9.17, 15) is 22.7 Å². The smallest absolute Gasteiger partial charge is 0.391 e. The van der Waals surface area contributed by atoms with Crippen molar-refractivity contribution in [3.8, 4) is 0 Å². The molecule has 6 heteroatoms. The maximum Gasteiger partial charge on any atom is 0.419 e. The second-order valence-corrected chi connectivity index (χ2v) is 4.64. The molecular formula is C13H17F4NO. The van der Waals surface area contributed by atoms with Gasteiger partial charge in [0, 0.05) is 0 Å². The van der Waals surface area contributed by atoms with E-state index in [2.05, 4.69) is 0 Å². The Morgan fingerprint density at radius 1 is 1.32 bits per heavy atom. The quantitative estimate of drug-likeness (QED) is 0.831. The standard InChI is InChI=1S/C13H17F4NO/c1-3-7(2)12(19)11(18)8-4-5-10(14)9(6-8)13(15,16)17/h4-7,11-12,19H,3,18H2,1-2H3/t7?,11-,12+/m0/s1. The molecule has 0 saturated heterocycles. The van der Waals surface area contributed by atoms with Crippen LogP contribution in [0.25, 0.3) is 0 Å². The first-order chi connectivity index (χ1) is 8.68. The number of nitrogens with two attached hydrogens (primary N) is 1. The van der Waals surface area contributed by atoms with Crippen molar-refractivity contribution in [3.63, 3.8) is 0 Å². The van der Waals surface area contributed by atoms with E-state index in [1.54, 1.807) is 6.92 Å². The monoisotopic (exact) mass is 279 g/mol. The Hall–Kier alpha value is -1.14. The second-order valence-electron chi connectivity index (χ2n) is 4.64. The number of hydrogen-bond acceptors (Lipinski definition) is 2. The van der Waals surface area contributed by atoms with Crippen LogP contribution in [0.15, 0.2) is 18.2 Å². The maximum atomic E-state index is 13.1. The zero-order chi connectivity index (χ0) is 14.8. The van der Waals surface area contributed by atoms with Gasteiger partial charge in [0.25, 0.3) is 0 Å². The first kappa shape index (κ1) is 15.9. The molecule has 0 heterocycles. The summed E-state index contributed by atoms with van der Waals surface area (Å²) in [5, 5.41) is 9.90. The zero-order valence-electron chi connectivity index (χ0n) is 10.7. The fraction of sp³-hybridized carbons (Fsp3) is 0.538. The van der Waals surface area contributed by atoms with E-state index in [1.807, 2.05) is 6.92 Å². The number of halogens is 4. The van der Waals surface area contributed by atoms with Gasteiger partial charge in [-0.3, -0.25) is 0 Å². The van der Waals surface area contributed by atoms with Gasteiger partial charge in [-0.05, 0) is 23.6 Å². The van der Waals surface area contributed by atoms with Crippen molar-refractivity contribution >= 4 is 0 Å². The van der Waals surface area contributed by atoms with Crippen molar-refractivity contribution in [1.29, 1.82) is 0 Å². The summed E-state index contributed by atoms with van der Waals surface area (Å²) < 4.78 is 50.9. The molecule has 3 N–H and O–H groups in total. The van der Waals surface area contributed by atoms with Gasteiger partial charge >= 0.3 is 6.18 Å². The number of hydrogen-bond donors (Lipinski definition) is 2. The average molecular weight is 279 g/mol. The fourth-order valence-electron chi connectivity index (χ4n) is 1.76. The lowest BCUT2D eigenvalue weighted by Crippen LogP contribution is -2.31. The third-order valence-electron chi connectivity index (χ3n) is 3.28. The highest BCUT2D eigenvalue weighted by Gasteiger charge is 2.35. The Morgan fingerprint density at radius 3 is 2.37 bits per heavy atom. The van der Waals surface area contributed by atoms with E-state index >= 15 is 0 Å². The lowest BCUT2D eigenvalue weighted by Gasteiger charge is -2.24. The van der Waals surface area contributed by atoms with Crippen LogP contribution in [0, 0.1) is 11.7 Å². The van der Waals surface area contributed by atoms with Crippen molar-refractivity contribution < 1.29 is 22.7 Å². The van der Waals surface area contributed by atoms with Crippen LogP contribution in [-0.2, 0) is 6.18 Å². The van der Waals surface area contributed by atoms with E-state index in [1.165, 1.54) is 6.07 Å². The van der Waals surface area contributed by atoms with Gasteiger partial charge in [-0.2, -0.15) is 13.2 Å². The second kappa shape index (κ2) is 5.88. The Morgan fingerprint density at radius 2 is 1.89 bits per heavy atom. The number of rotatable bonds is 4. The van der Waals surface area contributed by atoms with Crippen LogP contribution < -0.4 is 5.73 Å². The largest absolute Gasteiger partial charge is 0.419 e. The molecule has 0 radical (unpaired) electrons. The fourth-order valence-corrected chi connectivity index (χ4v) is 1.76. The van der Waals surface area contributed by atoms with Crippen LogP contribution in [0.1, 0.15) is 37.4 Å². The first-order valence-electron chi connectivity index (χ1n) is 5.98. The van der Waals surface area contributed by atoms with E-state index in [0.717, 1.165) is 6.07 Å². The van der Waals surface area contributed by atoms with Crippen LogP contribution >= 0.6 is 0 Å². The van der Waals surface area contributed by atoms with Crippen LogP contribution in [-0.4, -0.2) is 11.2 Å². The molecule has 0 bridgehead atoms. The molecule has 0 aliphatic heterocycles. The van der Waals surface area contributed by atoms with Crippen molar-refractivity contribution in [2.45, 2.75) is 38.6 Å². The SMILES string of the molecule is CCC(C)[C@@H](O)[C@@H](N)c1ccc(F)c(C(F)(F)F)c1. The number of benzene rings is 1. The minimum atomic E-state index is -4.78. The average Bonchev–Trinajstić information content (AvgIpc) is 2.35. The van der Waals surface area contributed by atoms with Gasteiger partial charge in [0.1, 0.15) is 5.82 Å². The summed E-state index contributed by atoms with van der Waals surface area (Å²) in [5.74, 6) is -1.50. The molecule has 0 saturated carbocycles. The lowest BCUT2D eigenvalue weighted by molar-refractivity contribution is -0.140. The maximum absolute atomic E-state index is 13.1. The van der Waals surface area contributed by atoms with E-state index in [-0.39, 0.29) is 11.5 Å². The summed E-state index contributed by atoms with van der Waals surface area (Å²) in [4.78, 5) is 0. The molecule has 0 aliphatic rings. The van der Waals surface area contributed by atoms with Gasteiger partial charge in [0.2, 0.25) is 0 Å². The van der Waals surface area contributed by atoms with Gasteiger partial charge in [-0.1, -0.05) is 26.3 Å². The van der Waals surface area contributed by atoms with Crippen molar-refractivity contribution in [3.05, 3.63) is 35.1 Å². The molecule has 3 atom stereocenters. The van der Waals surface area contributed by atoms with E-state index in [0.29, 0.717) is 12.5 Å². The summed E-state index contributed by atoms with van der Waals surface area (Å²) in [6.45, 7) is 3.59. The topological polar surface area (TPSA) is 46.2 Å². The van der Waals surface area contributed by atoms with Gasteiger partial charge < -0.3 is 10.8 Å². The molecule has 2 nitrogen and oxygen atoms in total. The van der Waals surface area contributed by atoms with Gasteiger partial charge in [-0.15, -0.1) is 0 Å². The Labute approximate surface area is 109 Å². The van der Waals surface area contributed by atoms with Crippen LogP contribution in [0.5, 0.6) is 0 Å². The zero-order valence-corrected chi connectivity index (χ0v) is 10.7. The predicted octanol–water partition coefficient (Wildman–Crippen LogP) is 3.25. The molecule has 0 aliphatic carbocycles. The Kier molecular flexibility index (Phi) is 4.92. The van der Waals surface area contributed by atoms with Crippen molar-refractivity contribution in [1.82, 2.24) is 0 Å². The minimum Gasteiger partial charge on any atom is -0.391 e. The molecule has 1 aromatic carbocycles. The van der Waals surface area contributed by atoms with Gasteiger partial charge in [-0.25, -0.2) is 4.39 Å². The third-order valence-corrected chi connectivity index (χ3v) is 3.28. The Bertz CT molecular complexity index is 433. The Balaban J connectivity index is 3.09. The molecule has 19 heavy (non-hydrogen) atoms. The summed E-state index contributed by atoms with van der Waals surface area (Å²) in [6.07, 6.45) is -5.11. The van der Waals surface area contributed by atoms with Crippen molar-refractivity contribution in [2.75, 3.05) is 0 Å². The number of alkyl halides is 3. The molecule has 0 amide bonds. The molecular weight excluding hydrogens is 262 g/mol. The minimum absolute atomic E-state index is 0.0709. The van der Waals surface area contributed by atoms with Gasteiger partial charge in [0.15, 0.2) is 0 Å². The molecule has 0 spiro atoms. The molecule has 1 rings (SSSR count). The van der Waals surface area contributed by atoms with E-state index < -0.39 is 29.7 Å². The molecule has 0 aromatic heterocycles. The number of aliphatic hydroxyl groups excluding tert-OH is 1. The number of aliphatic hydroxyl groups is 1. The highest BCUT2D eigenvalue weighted by atomic mass is 19.4. The highest BCUT2D eigenvalue weighted by Crippen LogP contribution is 2.33.